The summed E-state index contributed by atoms with van der Waals surface area (Å²) in [7, 11) is 0. The number of hydrogen-bond donors (Lipinski definition) is 2. The van der Waals surface area contributed by atoms with Crippen LogP contribution >= 0.6 is 0 Å². The second-order valence-electron chi connectivity index (χ2n) is 4.85. The first kappa shape index (κ1) is 15.0. The molecule has 21 heavy (non-hydrogen) atoms. The number of likely N-dealkylation sites (N-methyl/N-ethyl adjacent to an activating group) is 1. The van der Waals surface area contributed by atoms with Crippen LogP contribution in [0.3, 0.4) is 0 Å². The van der Waals surface area contributed by atoms with E-state index in [-0.39, 0.29) is 11.9 Å². The molecule has 0 saturated carbocycles. The predicted octanol–water partition coefficient (Wildman–Crippen LogP) is 2.39. The summed E-state index contributed by atoms with van der Waals surface area (Å²) in [6.45, 7) is 5.01. The van der Waals surface area contributed by atoms with Crippen LogP contribution in [0.2, 0.25) is 0 Å². The molecule has 1 unspecified atom stereocenters. The molecule has 1 heterocycles. The molecule has 1 amide bonds. The molecular formula is C16H21N3O2. The smallest absolute Gasteiger partial charge is 0.242 e. The summed E-state index contributed by atoms with van der Waals surface area (Å²) in [5, 5.41) is 2.88. The molecule has 1 atom stereocenters. The van der Waals surface area contributed by atoms with Crippen molar-refractivity contribution in [2.75, 3.05) is 17.2 Å². The van der Waals surface area contributed by atoms with Crippen LogP contribution in [0.1, 0.15) is 19.6 Å². The second kappa shape index (κ2) is 6.83. The highest BCUT2D eigenvalue weighted by atomic mass is 16.3. The van der Waals surface area contributed by atoms with E-state index >= 15 is 0 Å². The first-order valence-electron chi connectivity index (χ1n) is 7.04. The molecule has 0 fully saturated rings. The van der Waals surface area contributed by atoms with Crippen molar-refractivity contribution in [3.63, 3.8) is 0 Å². The van der Waals surface area contributed by atoms with Gasteiger partial charge in [-0.05, 0) is 44.2 Å². The van der Waals surface area contributed by atoms with Gasteiger partial charge in [-0.3, -0.25) is 4.79 Å². The van der Waals surface area contributed by atoms with E-state index in [4.69, 9.17) is 10.2 Å². The van der Waals surface area contributed by atoms with Crippen LogP contribution in [-0.4, -0.2) is 18.5 Å². The summed E-state index contributed by atoms with van der Waals surface area (Å²) in [4.78, 5) is 14.3. The average molecular weight is 287 g/mol. The van der Waals surface area contributed by atoms with Gasteiger partial charge in [0.1, 0.15) is 11.8 Å². The molecule has 0 aliphatic heterocycles. The highest BCUT2D eigenvalue weighted by molar-refractivity contribution is 5.85. The first-order valence-corrected chi connectivity index (χ1v) is 7.04. The number of benzene rings is 1. The van der Waals surface area contributed by atoms with E-state index in [9.17, 15) is 4.79 Å². The molecule has 0 radical (unpaired) electrons. The van der Waals surface area contributed by atoms with Crippen molar-refractivity contribution in [1.82, 2.24) is 5.32 Å². The molecule has 0 spiro atoms. The van der Waals surface area contributed by atoms with Gasteiger partial charge in [-0.1, -0.05) is 6.07 Å². The molecule has 1 aromatic carbocycles. The number of amides is 1. The second-order valence-corrected chi connectivity index (χ2v) is 4.85. The predicted molar refractivity (Wildman–Crippen MR) is 83.9 cm³/mol. The number of carbonyl (C=O) groups is 1. The minimum absolute atomic E-state index is 0.0457. The Hall–Kier alpha value is -2.43. The molecule has 5 nitrogen and oxygen atoms in total. The minimum Gasteiger partial charge on any atom is -0.467 e. The highest BCUT2D eigenvalue weighted by Crippen LogP contribution is 2.19. The molecule has 0 aliphatic rings. The number of hydrogen-bond acceptors (Lipinski definition) is 4. The third-order valence-electron chi connectivity index (χ3n) is 3.41. The van der Waals surface area contributed by atoms with Crippen molar-refractivity contribution in [3.05, 3.63) is 48.4 Å². The van der Waals surface area contributed by atoms with E-state index in [0.29, 0.717) is 12.2 Å². The maximum Gasteiger partial charge on any atom is 0.242 e. The largest absolute Gasteiger partial charge is 0.467 e. The van der Waals surface area contributed by atoms with Crippen LogP contribution in [0.25, 0.3) is 0 Å². The number of nitrogens with one attached hydrogen (secondary N) is 1. The van der Waals surface area contributed by atoms with Crippen molar-refractivity contribution >= 4 is 17.3 Å². The topological polar surface area (TPSA) is 71.5 Å². The summed E-state index contributed by atoms with van der Waals surface area (Å²) in [5.74, 6) is 0.693. The van der Waals surface area contributed by atoms with Crippen LogP contribution in [0.5, 0.6) is 0 Å². The zero-order chi connectivity index (χ0) is 15.2. The van der Waals surface area contributed by atoms with E-state index in [0.717, 1.165) is 18.0 Å². The lowest BCUT2D eigenvalue weighted by atomic mass is 10.2. The molecule has 0 bridgehead atoms. The lowest BCUT2D eigenvalue weighted by Gasteiger charge is -2.29. The third-order valence-corrected chi connectivity index (χ3v) is 3.41. The number of furan rings is 1. The molecule has 3 N–H and O–H groups in total. The fourth-order valence-corrected chi connectivity index (χ4v) is 2.26. The number of nitrogen functional groups attached to an aromatic ring is 1. The van der Waals surface area contributed by atoms with Crippen LogP contribution in [0.15, 0.2) is 47.1 Å². The van der Waals surface area contributed by atoms with Crippen molar-refractivity contribution in [2.45, 2.75) is 26.4 Å². The van der Waals surface area contributed by atoms with Gasteiger partial charge in [0.25, 0.3) is 0 Å². The maximum absolute atomic E-state index is 12.3. The Kier molecular flexibility index (Phi) is 4.87. The summed E-state index contributed by atoms with van der Waals surface area (Å²) in [5.41, 5.74) is 7.44. The SMILES string of the molecule is CCN(c1cccc(N)c1)C(C)C(=O)NCc1ccco1. The van der Waals surface area contributed by atoms with E-state index in [1.54, 1.807) is 12.3 Å². The van der Waals surface area contributed by atoms with Crippen molar-refractivity contribution in [3.8, 4) is 0 Å². The summed E-state index contributed by atoms with van der Waals surface area (Å²) < 4.78 is 5.21. The maximum atomic E-state index is 12.3. The Labute approximate surface area is 124 Å². The molecule has 5 heteroatoms. The molecule has 2 aromatic rings. The molecular weight excluding hydrogens is 266 g/mol. The van der Waals surface area contributed by atoms with Gasteiger partial charge in [-0.2, -0.15) is 0 Å². The highest BCUT2D eigenvalue weighted by Gasteiger charge is 2.20. The summed E-state index contributed by atoms with van der Waals surface area (Å²) in [6.07, 6.45) is 1.59. The standard InChI is InChI=1S/C16H21N3O2/c1-3-19(14-7-4-6-13(17)10-14)12(2)16(20)18-11-15-8-5-9-21-15/h4-10,12H,3,11,17H2,1-2H3,(H,18,20). The summed E-state index contributed by atoms with van der Waals surface area (Å²) >= 11 is 0. The third kappa shape index (κ3) is 3.78. The van der Waals surface area contributed by atoms with Crippen molar-refractivity contribution in [1.29, 1.82) is 0 Å². The number of carbonyl (C=O) groups excluding carboxylic acids is 1. The average Bonchev–Trinajstić information content (AvgIpc) is 2.99. The molecule has 2 rings (SSSR count). The van der Waals surface area contributed by atoms with E-state index in [1.165, 1.54) is 0 Å². The molecule has 0 saturated heterocycles. The Bertz CT molecular complexity index is 581. The number of nitrogens with two attached hydrogens (primary N) is 1. The van der Waals surface area contributed by atoms with Gasteiger partial charge >= 0.3 is 0 Å². The quantitative estimate of drug-likeness (QED) is 0.800. The molecule has 1 aromatic heterocycles. The van der Waals surface area contributed by atoms with Crippen molar-refractivity contribution < 1.29 is 9.21 Å². The lowest BCUT2D eigenvalue weighted by Crippen LogP contribution is -2.45. The fourth-order valence-electron chi connectivity index (χ4n) is 2.26. The van der Waals surface area contributed by atoms with Crippen LogP contribution in [0.4, 0.5) is 11.4 Å². The van der Waals surface area contributed by atoms with Gasteiger partial charge < -0.3 is 20.4 Å². The van der Waals surface area contributed by atoms with Crippen LogP contribution < -0.4 is 16.0 Å². The van der Waals surface area contributed by atoms with Gasteiger partial charge in [0.2, 0.25) is 5.91 Å². The van der Waals surface area contributed by atoms with E-state index < -0.39 is 0 Å². The van der Waals surface area contributed by atoms with Gasteiger partial charge in [-0.15, -0.1) is 0 Å². The van der Waals surface area contributed by atoms with E-state index in [2.05, 4.69) is 5.32 Å². The lowest BCUT2D eigenvalue weighted by molar-refractivity contribution is -0.122. The number of nitrogens with zero attached hydrogens (tertiary/aromatic N) is 1. The zero-order valence-electron chi connectivity index (χ0n) is 12.4. The normalized spacial score (nSPS) is 11.9. The zero-order valence-corrected chi connectivity index (χ0v) is 12.4. The number of rotatable bonds is 6. The Morgan fingerprint density at radius 2 is 2.19 bits per heavy atom. The van der Waals surface area contributed by atoms with Crippen LogP contribution in [0, 0.1) is 0 Å². The van der Waals surface area contributed by atoms with Gasteiger partial charge in [0, 0.05) is 17.9 Å². The summed E-state index contributed by atoms with van der Waals surface area (Å²) in [6, 6.07) is 10.9. The Morgan fingerprint density at radius 1 is 1.38 bits per heavy atom. The Morgan fingerprint density at radius 3 is 2.81 bits per heavy atom. The monoisotopic (exact) mass is 287 g/mol. The van der Waals surface area contributed by atoms with Gasteiger partial charge in [0.15, 0.2) is 0 Å². The molecule has 112 valence electrons. The Balaban J connectivity index is 2.01. The van der Waals surface area contributed by atoms with Gasteiger partial charge in [0.05, 0.1) is 12.8 Å². The van der Waals surface area contributed by atoms with E-state index in [1.807, 2.05) is 49.1 Å². The van der Waals surface area contributed by atoms with Gasteiger partial charge in [-0.25, -0.2) is 0 Å². The fraction of sp³-hybridized carbons (Fsp3) is 0.312. The minimum atomic E-state index is -0.285. The molecule has 0 aliphatic carbocycles. The van der Waals surface area contributed by atoms with Crippen molar-refractivity contribution in [2.24, 2.45) is 0 Å². The van der Waals surface area contributed by atoms with Crippen LogP contribution in [-0.2, 0) is 11.3 Å². The first-order chi connectivity index (χ1) is 10.1. The number of anilines is 2.